The maximum atomic E-state index is 13.3. The van der Waals surface area contributed by atoms with E-state index in [1.807, 2.05) is 12.1 Å². The molecule has 2 aromatic carbocycles. The normalized spacial score (nSPS) is 18.4. The van der Waals surface area contributed by atoms with E-state index in [1.54, 1.807) is 48.2 Å². The van der Waals surface area contributed by atoms with Crippen molar-refractivity contribution in [2.45, 2.75) is 75.1 Å². The molecule has 0 bridgehead atoms. The molecule has 1 saturated carbocycles. The van der Waals surface area contributed by atoms with Crippen molar-refractivity contribution in [3.8, 4) is 0 Å². The Kier molecular flexibility index (Phi) is 9.23. The summed E-state index contributed by atoms with van der Waals surface area (Å²) in [5.74, 6) is -0.391. The predicted octanol–water partition coefficient (Wildman–Crippen LogP) is 3.43. The van der Waals surface area contributed by atoms with Gasteiger partial charge in [-0.1, -0.05) is 35.9 Å². The van der Waals surface area contributed by atoms with Crippen molar-refractivity contribution < 1.29 is 22.7 Å². The number of hydrogen-bond donors (Lipinski definition) is 2. The number of benzene rings is 2. The average molecular weight is 548 g/mol. The number of ether oxygens (including phenoxy) is 1. The summed E-state index contributed by atoms with van der Waals surface area (Å²) in [6.07, 6.45) is 4.27. The fourth-order valence-electron chi connectivity index (χ4n) is 4.26. The maximum absolute atomic E-state index is 13.3. The van der Waals surface area contributed by atoms with E-state index in [9.17, 15) is 18.0 Å². The summed E-state index contributed by atoms with van der Waals surface area (Å²) in [7, 11) is -3.52. The molecule has 37 heavy (non-hydrogen) atoms. The van der Waals surface area contributed by atoms with Crippen LogP contribution in [0.15, 0.2) is 53.4 Å². The molecule has 200 valence electrons. The van der Waals surface area contributed by atoms with E-state index < -0.39 is 16.1 Å². The molecule has 10 heteroatoms. The van der Waals surface area contributed by atoms with Crippen LogP contribution in [0.4, 0.5) is 0 Å². The highest BCUT2D eigenvalue weighted by atomic mass is 35.5. The predicted molar refractivity (Wildman–Crippen MR) is 142 cm³/mol. The average Bonchev–Trinajstić information content (AvgIpc) is 3.53. The van der Waals surface area contributed by atoms with Crippen LogP contribution in [0.5, 0.6) is 0 Å². The van der Waals surface area contributed by atoms with Crippen molar-refractivity contribution >= 4 is 33.4 Å². The second-order valence-electron chi connectivity index (χ2n) is 9.74. The van der Waals surface area contributed by atoms with E-state index in [0.29, 0.717) is 24.6 Å². The summed E-state index contributed by atoms with van der Waals surface area (Å²) < 4.78 is 33.0. The molecule has 1 aliphatic heterocycles. The highest BCUT2D eigenvalue weighted by Crippen LogP contribution is 2.23. The van der Waals surface area contributed by atoms with Crippen molar-refractivity contribution in [2.24, 2.45) is 0 Å². The van der Waals surface area contributed by atoms with Crippen LogP contribution in [0.1, 0.15) is 50.2 Å². The van der Waals surface area contributed by atoms with E-state index in [2.05, 4.69) is 10.0 Å². The van der Waals surface area contributed by atoms with Gasteiger partial charge in [-0.05, 0) is 74.4 Å². The Morgan fingerprint density at radius 3 is 2.35 bits per heavy atom. The molecule has 1 aliphatic carbocycles. The Morgan fingerprint density at radius 1 is 1.05 bits per heavy atom. The van der Waals surface area contributed by atoms with Crippen molar-refractivity contribution in [1.29, 1.82) is 0 Å². The Bertz CT molecular complexity index is 1180. The third kappa shape index (κ3) is 8.01. The zero-order chi connectivity index (χ0) is 26.4. The largest absolute Gasteiger partial charge is 0.376 e. The van der Waals surface area contributed by atoms with Gasteiger partial charge in [-0.25, -0.2) is 13.1 Å². The van der Waals surface area contributed by atoms with Crippen molar-refractivity contribution in [2.75, 3.05) is 13.2 Å². The highest BCUT2D eigenvalue weighted by Gasteiger charge is 2.29. The summed E-state index contributed by atoms with van der Waals surface area (Å²) in [6, 6.07) is 13.2. The van der Waals surface area contributed by atoms with Gasteiger partial charge in [-0.2, -0.15) is 0 Å². The first-order valence-corrected chi connectivity index (χ1v) is 14.6. The Morgan fingerprint density at radius 2 is 1.73 bits per heavy atom. The molecule has 2 atom stereocenters. The lowest BCUT2D eigenvalue weighted by atomic mass is 10.1. The molecule has 2 aromatic rings. The molecule has 0 spiro atoms. The monoisotopic (exact) mass is 547 g/mol. The molecule has 2 aliphatic rings. The van der Waals surface area contributed by atoms with Gasteiger partial charge in [-0.3, -0.25) is 9.59 Å². The standard InChI is InChI=1S/C27H34ClN3O5S/c1-19(27(33)29-17-24-3-2-16-36-24)31(18-21-4-9-22(28)10-5-21)26(32)15-8-20-6-13-25(14-7-20)37(34,35)30-23-11-12-23/h4-7,9-10,13-14,19,23-24,30H,2-3,8,11-12,15-18H2,1H3,(H,29,33)/t19-,24+/m0/s1. The Hall–Kier alpha value is -2.46. The van der Waals surface area contributed by atoms with Crippen LogP contribution in [0.2, 0.25) is 5.02 Å². The fraction of sp³-hybridized carbons (Fsp3) is 0.481. The molecule has 1 saturated heterocycles. The molecular formula is C27H34ClN3O5S. The van der Waals surface area contributed by atoms with E-state index >= 15 is 0 Å². The van der Waals surface area contributed by atoms with Gasteiger partial charge in [0.15, 0.2) is 0 Å². The lowest BCUT2D eigenvalue weighted by molar-refractivity contribution is -0.140. The minimum atomic E-state index is -3.52. The summed E-state index contributed by atoms with van der Waals surface area (Å²) in [4.78, 5) is 28.1. The number of carbonyl (C=O) groups is 2. The van der Waals surface area contributed by atoms with Crippen LogP contribution < -0.4 is 10.0 Å². The third-order valence-electron chi connectivity index (χ3n) is 6.72. The topological polar surface area (TPSA) is 105 Å². The van der Waals surface area contributed by atoms with Gasteiger partial charge in [-0.15, -0.1) is 0 Å². The van der Waals surface area contributed by atoms with Crippen molar-refractivity contribution in [3.05, 3.63) is 64.7 Å². The van der Waals surface area contributed by atoms with Crippen LogP contribution in [-0.4, -0.2) is 56.5 Å². The lowest BCUT2D eigenvalue weighted by Crippen LogP contribution is -2.49. The van der Waals surface area contributed by atoms with Crippen LogP contribution in [0.3, 0.4) is 0 Å². The molecule has 4 rings (SSSR count). The first kappa shape index (κ1) is 27.6. The number of aryl methyl sites for hydroxylation is 1. The van der Waals surface area contributed by atoms with Gasteiger partial charge in [0.2, 0.25) is 21.8 Å². The van der Waals surface area contributed by atoms with E-state index in [1.165, 1.54) is 0 Å². The SMILES string of the molecule is C[C@@H](C(=O)NC[C@H]1CCCO1)N(Cc1ccc(Cl)cc1)C(=O)CCc1ccc(S(=O)(=O)NC2CC2)cc1. The van der Waals surface area contributed by atoms with Crippen LogP contribution in [0.25, 0.3) is 0 Å². The number of halogens is 1. The quantitative estimate of drug-likeness (QED) is 0.423. The highest BCUT2D eigenvalue weighted by molar-refractivity contribution is 7.89. The third-order valence-corrected chi connectivity index (χ3v) is 8.51. The number of amides is 2. The summed E-state index contributed by atoms with van der Waals surface area (Å²) in [6.45, 7) is 3.14. The zero-order valence-electron chi connectivity index (χ0n) is 21.0. The molecule has 1 heterocycles. The van der Waals surface area contributed by atoms with E-state index in [4.69, 9.17) is 16.3 Å². The first-order chi connectivity index (χ1) is 17.7. The van der Waals surface area contributed by atoms with Crippen LogP contribution >= 0.6 is 11.6 Å². The van der Waals surface area contributed by atoms with Crippen LogP contribution in [0, 0.1) is 0 Å². The molecule has 0 unspecified atom stereocenters. The Labute approximate surface area is 223 Å². The molecule has 0 radical (unpaired) electrons. The van der Waals surface area contributed by atoms with Crippen LogP contribution in [-0.2, 0) is 37.3 Å². The van der Waals surface area contributed by atoms with Gasteiger partial charge < -0.3 is 15.0 Å². The zero-order valence-corrected chi connectivity index (χ0v) is 22.6. The number of nitrogens with one attached hydrogen (secondary N) is 2. The smallest absolute Gasteiger partial charge is 0.242 e. The second kappa shape index (κ2) is 12.4. The summed E-state index contributed by atoms with van der Waals surface area (Å²) >= 11 is 6.01. The minimum Gasteiger partial charge on any atom is -0.376 e. The van der Waals surface area contributed by atoms with Gasteiger partial charge in [0, 0.05) is 37.2 Å². The lowest BCUT2D eigenvalue weighted by Gasteiger charge is -2.29. The van der Waals surface area contributed by atoms with Crippen molar-refractivity contribution in [3.63, 3.8) is 0 Å². The first-order valence-electron chi connectivity index (χ1n) is 12.8. The van der Waals surface area contributed by atoms with Gasteiger partial charge in [0.1, 0.15) is 6.04 Å². The summed E-state index contributed by atoms with van der Waals surface area (Å²) in [5.41, 5.74) is 1.72. The maximum Gasteiger partial charge on any atom is 0.242 e. The van der Waals surface area contributed by atoms with E-state index in [-0.39, 0.29) is 41.8 Å². The fourth-order valence-corrected chi connectivity index (χ4v) is 5.69. The minimum absolute atomic E-state index is 0.0165. The summed E-state index contributed by atoms with van der Waals surface area (Å²) in [5, 5.41) is 3.52. The number of nitrogens with zero attached hydrogens (tertiary/aromatic N) is 1. The number of hydrogen-bond acceptors (Lipinski definition) is 5. The van der Waals surface area contributed by atoms with Gasteiger partial charge in [0.25, 0.3) is 0 Å². The van der Waals surface area contributed by atoms with Crippen molar-refractivity contribution in [1.82, 2.24) is 14.9 Å². The van der Waals surface area contributed by atoms with Gasteiger partial charge in [0.05, 0.1) is 11.0 Å². The second-order valence-corrected chi connectivity index (χ2v) is 11.9. The number of rotatable bonds is 12. The number of carbonyl (C=O) groups excluding carboxylic acids is 2. The van der Waals surface area contributed by atoms with E-state index in [0.717, 1.165) is 36.8 Å². The molecule has 2 N–H and O–H groups in total. The molecule has 0 aromatic heterocycles. The van der Waals surface area contributed by atoms with Gasteiger partial charge >= 0.3 is 0 Å². The molecule has 2 amide bonds. The molecule has 8 nitrogen and oxygen atoms in total. The Balaban J connectivity index is 1.39. The molecule has 2 fully saturated rings. The number of sulfonamides is 1. The molecular weight excluding hydrogens is 514 g/mol.